The summed E-state index contributed by atoms with van der Waals surface area (Å²) in [7, 11) is -1.41. The van der Waals surface area contributed by atoms with E-state index >= 15 is 0 Å². The molecular formula is C26H27N3O8S. The third-order valence-corrected chi connectivity index (χ3v) is 7.00. The van der Waals surface area contributed by atoms with Crippen LogP contribution in [0.5, 0.6) is 17.2 Å². The first-order chi connectivity index (χ1) is 18.2. The molecule has 11 nitrogen and oxygen atoms in total. The van der Waals surface area contributed by atoms with Crippen LogP contribution in [0.3, 0.4) is 0 Å². The summed E-state index contributed by atoms with van der Waals surface area (Å²) in [5, 5.41) is 12.8. The number of nitrogens with one attached hydrogen (secondary N) is 1. The number of rotatable bonds is 12. The molecule has 0 heterocycles. The fourth-order valence-corrected chi connectivity index (χ4v) is 4.79. The Balaban J connectivity index is 1.87. The van der Waals surface area contributed by atoms with Crippen LogP contribution in [0.15, 0.2) is 76.7 Å². The van der Waals surface area contributed by atoms with E-state index in [4.69, 9.17) is 19.3 Å². The zero-order chi connectivity index (χ0) is 27.7. The molecule has 3 rings (SSSR count). The largest absolute Gasteiger partial charge is 0.494 e. The molecule has 12 heteroatoms. The van der Waals surface area contributed by atoms with Crippen LogP contribution >= 0.6 is 0 Å². The van der Waals surface area contributed by atoms with Gasteiger partial charge in [-0.2, -0.15) is 5.10 Å². The van der Waals surface area contributed by atoms with Crippen LogP contribution < -0.4 is 23.9 Å². The molecule has 2 N–H and O–H groups in total. The molecule has 0 fully saturated rings. The lowest BCUT2D eigenvalue weighted by atomic mass is 10.1. The van der Waals surface area contributed by atoms with E-state index in [0.717, 1.165) is 4.31 Å². The van der Waals surface area contributed by atoms with Gasteiger partial charge in [0.2, 0.25) is 0 Å². The average Bonchev–Trinajstić information content (AvgIpc) is 2.92. The van der Waals surface area contributed by atoms with E-state index in [-0.39, 0.29) is 21.9 Å². The second-order valence-corrected chi connectivity index (χ2v) is 9.54. The van der Waals surface area contributed by atoms with Crippen LogP contribution in [0.1, 0.15) is 22.8 Å². The van der Waals surface area contributed by atoms with Crippen molar-refractivity contribution in [1.29, 1.82) is 0 Å². The highest BCUT2D eigenvalue weighted by molar-refractivity contribution is 7.92. The van der Waals surface area contributed by atoms with Crippen molar-refractivity contribution in [2.45, 2.75) is 11.8 Å². The number of hydrogen-bond acceptors (Lipinski definition) is 8. The Labute approximate surface area is 220 Å². The summed E-state index contributed by atoms with van der Waals surface area (Å²) in [6.45, 7) is 1.68. The first kappa shape index (κ1) is 28.0. The molecule has 38 heavy (non-hydrogen) atoms. The number of sulfonamides is 1. The Morgan fingerprint density at radius 1 is 0.974 bits per heavy atom. The number of hydrogen-bond donors (Lipinski definition) is 2. The number of anilines is 1. The van der Waals surface area contributed by atoms with Gasteiger partial charge in [0.05, 0.1) is 43.2 Å². The zero-order valence-corrected chi connectivity index (χ0v) is 21.8. The number of nitrogens with zero attached hydrogens (tertiary/aromatic N) is 2. The maximum Gasteiger partial charge on any atom is 0.335 e. The Hall–Kier alpha value is -4.58. The topological polar surface area (TPSA) is 144 Å². The van der Waals surface area contributed by atoms with E-state index < -0.39 is 28.4 Å². The van der Waals surface area contributed by atoms with Gasteiger partial charge in [-0.25, -0.2) is 18.6 Å². The summed E-state index contributed by atoms with van der Waals surface area (Å²) >= 11 is 0. The predicted octanol–water partition coefficient (Wildman–Crippen LogP) is 3.15. The summed E-state index contributed by atoms with van der Waals surface area (Å²) in [4.78, 5) is 23.6. The molecule has 0 aliphatic heterocycles. The Kier molecular flexibility index (Phi) is 9.28. The lowest BCUT2D eigenvalue weighted by molar-refractivity contribution is -0.119. The molecule has 200 valence electrons. The number of ether oxygens (including phenoxy) is 3. The molecule has 0 aromatic heterocycles. The van der Waals surface area contributed by atoms with E-state index in [2.05, 4.69) is 10.5 Å². The van der Waals surface area contributed by atoms with Crippen LogP contribution in [0, 0.1) is 0 Å². The van der Waals surface area contributed by atoms with Gasteiger partial charge in [-0.05, 0) is 61.0 Å². The van der Waals surface area contributed by atoms with E-state index in [0.29, 0.717) is 23.7 Å². The second-order valence-electron chi connectivity index (χ2n) is 7.68. The third kappa shape index (κ3) is 6.79. The third-order valence-electron chi connectivity index (χ3n) is 5.23. The Bertz CT molecular complexity index is 1410. The molecule has 0 aliphatic rings. The Morgan fingerprint density at radius 3 is 2.21 bits per heavy atom. The number of carbonyl (C=O) groups is 2. The standard InChI is InChI=1S/C26H27N3O8S/c1-4-37-21-11-9-20(10-12-21)29(38(33,34)22-13-14-23(35-2)24(15-22)36-3)17-25(30)28-27-16-18-5-7-19(8-6-18)26(31)32/h5-16H,4,17H2,1-3H3,(H,28,30)(H,31,32)/b27-16-. The van der Waals surface area contributed by atoms with Crippen molar-refractivity contribution < 1.29 is 37.3 Å². The van der Waals surface area contributed by atoms with Crippen molar-refractivity contribution in [3.63, 3.8) is 0 Å². The number of aromatic carboxylic acids is 1. The average molecular weight is 542 g/mol. The molecular weight excluding hydrogens is 514 g/mol. The van der Waals surface area contributed by atoms with Crippen molar-refractivity contribution in [2.24, 2.45) is 5.10 Å². The van der Waals surface area contributed by atoms with Crippen molar-refractivity contribution in [1.82, 2.24) is 5.43 Å². The van der Waals surface area contributed by atoms with Crippen LogP contribution in [0.25, 0.3) is 0 Å². The number of methoxy groups -OCH3 is 2. The molecule has 0 aliphatic carbocycles. The predicted molar refractivity (Wildman–Crippen MR) is 141 cm³/mol. The van der Waals surface area contributed by atoms with Gasteiger partial charge in [0.1, 0.15) is 12.3 Å². The maximum atomic E-state index is 13.7. The number of benzene rings is 3. The summed E-state index contributed by atoms with van der Waals surface area (Å²) < 4.78 is 44.1. The summed E-state index contributed by atoms with van der Waals surface area (Å²) in [5.41, 5.74) is 3.18. The molecule has 3 aromatic rings. The highest BCUT2D eigenvalue weighted by atomic mass is 32.2. The van der Waals surface area contributed by atoms with Gasteiger partial charge in [-0.3, -0.25) is 9.10 Å². The van der Waals surface area contributed by atoms with Crippen LogP contribution in [0.4, 0.5) is 5.69 Å². The molecule has 0 spiro atoms. The fraction of sp³-hybridized carbons (Fsp3) is 0.192. The molecule has 0 saturated carbocycles. The van der Waals surface area contributed by atoms with E-state index in [1.807, 2.05) is 6.92 Å². The monoisotopic (exact) mass is 541 g/mol. The van der Waals surface area contributed by atoms with Gasteiger partial charge in [-0.1, -0.05) is 12.1 Å². The summed E-state index contributed by atoms with van der Waals surface area (Å²) in [6, 6.07) is 16.2. The molecule has 0 atom stereocenters. The van der Waals surface area contributed by atoms with E-state index in [1.54, 1.807) is 12.1 Å². The molecule has 1 amide bonds. The SMILES string of the molecule is CCOc1ccc(N(CC(=O)N/N=C\c2ccc(C(=O)O)cc2)S(=O)(=O)c2ccc(OC)c(OC)c2)cc1. The van der Waals surface area contributed by atoms with Crippen molar-refractivity contribution >= 4 is 33.8 Å². The highest BCUT2D eigenvalue weighted by Gasteiger charge is 2.28. The Morgan fingerprint density at radius 2 is 1.63 bits per heavy atom. The normalized spacial score (nSPS) is 11.1. The van der Waals surface area contributed by atoms with Gasteiger partial charge in [0.15, 0.2) is 11.5 Å². The van der Waals surface area contributed by atoms with Crippen molar-refractivity contribution in [3.05, 3.63) is 77.9 Å². The lowest BCUT2D eigenvalue weighted by Gasteiger charge is -2.24. The van der Waals surface area contributed by atoms with E-state index in [1.165, 1.54) is 75.0 Å². The lowest BCUT2D eigenvalue weighted by Crippen LogP contribution is -2.39. The summed E-state index contributed by atoms with van der Waals surface area (Å²) in [5.74, 6) is -0.665. The smallest absolute Gasteiger partial charge is 0.335 e. The van der Waals surface area contributed by atoms with Gasteiger partial charge in [0, 0.05) is 6.07 Å². The molecule has 3 aromatic carbocycles. The molecule has 0 radical (unpaired) electrons. The minimum atomic E-state index is -4.23. The number of carboxylic acid groups (broad SMARTS) is 1. The number of hydrazone groups is 1. The number of carboxylic acids is 1. The van der Waals surface area contributed by atoms with Crippen LogP contribution in [0.2, 0.25) is 0 Å². The number of amides is 1. The fourth-order valence-electron chi connectivity index (χ4n) is 3.35. The van der Waals surface area contributed by atoms with Gasteiger partial charge in [-0.15, -0.1) is 0 Å². The first-order valence-electron chi connectivity index (χ1n) is 11.3. The molecule has 0 saturated heterocycles. The maximum absolute atomic E-state index is 13.7. The minimum Gasteiger partial charge on any atom is -0.494 e. The van der Waals surface area contributed by atoms with E-state index in [9.17, 15) is 18.0 Å². The van der Waals surface area contributed by atoms with Crippen molar-refractivity contribution in [3.8, 4) is 17.2 Å². The van der Waals surface area contributed by atoms with Crippen molar-refractivity contribution in [2.75, 3.05) is 31.7 Å². The first-order valence-corrected chi connectivity index (χ1v) is 12.8. The van der Waals surface area contributed by atoms with Crippen LogP contribution in [-0.2, 0) is 14.8 Å². The molecule has 0 unspecified atom stereocenters. The number of carbonyl (C=O) groups excluding carboxylic acids is 1. The van der Waals surface area contributed by atoms with Gasteiger partial charge in [0.25, 0.3) is 15.9 Å². The zero-order valence-electron chi connectivity index (χ0n) is 21.0. The highest BCUT2D eigenvalue weighted by Crippen LogP contribution is 2.32. The summed E-state index contributed by atoms with van der Waals surface area (Å²) in [6.07, 6.45) is 1.31. The van der Waals surface area contributed by atoms with Gasteiger partial charge < -0.3 is 19.3 Å². The van der Waals surface area contributed by atoms with Crippen LogP contribution in [-0.4, -0.2) is 59.0 Å². The minimum absolute atomic E-state index is 0.109. The van der Waals surface area contributed by atoms with Gasteiger partial charge >= 0.3 is 5.97 Å². The second kappa shape index (κ2) is 12.6. The molecule has 0 bridgehead atoms. The quantitative estimate of drug-likeness (QED) is 0.263.